The van der Waals surface area contributed by atoms with Gasteiger partial charge in [-0.1, -0.05) is 26.7 Å². The van der Waals surface area contributed by atoms with E-state index < -0.39 is 0 Å². The number of hydrogen-bond donors (Lipinski definition) is 1. The van der Waals surface area contributed by atoms with Gasteiger partial charge in [0.05, 0.1) is 13.1 Å². The van der Waals surface area contributed by atoms with Crippen LogP contribution in [0.25, 0.3) is 0 Å². The molecule has 1 aliphatic heterocycles. The van der Waals surface area contributed by atoms with Gasteiger partial charge < -0.3 is 10.2 Å². The van der Waals surface area contributed by atoms with Crippen molar-refractivity contribution in [2.75, 3.05) is 26.2 Å². The van der Waals surface area contributed by atoms with Gasteiger partial charge in [-0.3, -0.25) is 4.79 Å². The third-order valence-corrected chi connectivity index (χ3v) is 1.76. The Balaban J connectivity index is 0.000000791. The highest BCUT2D eigenvalue weighted by Gasteiger charge is 2.15. The highest BCUT2D eigenvalue weighted by molar-refractivity contribution is 5.79. The van der Waals surface area contributed by atoms with Gasteiger partial charge in [0.2, 0.25) is 5.91 Å². The summed E-state index contributed by atoms with van der Waals surface area (Å²) < 4.78 is 0. The van der Waals surface area contributed by atoms with Crippen LogP contribution < -0.4 is 5.32 Å². The summed E-state index contributed by atoms with van der Waals surface area (Å²) in [6, 6.07) is 0. The van der Waals surface area contributed by atoms with Gasteiger partial charge in [-0.05, 0) is 0 Å². The molecule has 0 aromatic carbocycles. The first kappa shape index (κ1) is 13.0. The molecular weight excluding hydrogens is 176 g/mol. The summed E-state index contributed by atoms with van der Waals surface area (Å²) in [5.74, 6) is 6.07. The van der Waals surface area contributed by atoms with Gasteiger partial charge in [-0.25, -0.2) is 0 Å². The third kappa shape index (κ3) is 4.88. The van der Waals surface area contributed by atoms with Gasteiger partial charge in [0.25, 0.3) is 0 Å². The zero-order chi connectivity index (χ0) is 10.8. The first-order valence-electron chi connectivity index (χ1n) is 5.29. The Kier molecular flexibility index (Phi) is 7.96. The van der Waals surface area contributed by atoms with Crippen molar-refractivity contribution in [3.8, 4) is 11.8 Å². The fraction of sp³-hybridized carbons (Fsp3) is 0.727. The highest BCUT2D eigenvalue weighted by Crippen LogP contribution is 1.92. The Morgan fingerprint density at radius 2 is 2.14 bits per heavy atom. The average Bonchev–Trinajstić information content (AvgIpc) is 2.24. The van der Waals surface area contributed by atoms with Crippen LogP contribution in [0.1, 0.15) is 27.2 Å². The molecule has 0 aliphatic carbocycles. The SMILES string of the molecule is CC.CCC#CCN1CCNCC1=O. The number of amides is 1. The number of rotatable bonds is 1. The zero-order valence-corrected chi connectivity index (χ0v) is 9.39. The molecule has 3 heteroatoms. The van der Waals surface area contributed by atoms with E-state index in [9.17, 15) is 4.79 Å². The van der Waals surface area contributed by atoms with Gasteiger partial charge in [-0.2, -0.15) is 0 Å². The van der Waals surface area contributed by atoms with Gasteiger partial charge in [-0.15, -0.1) is 5.92 Å². The number of nitrogens with one attached hydrogen (secondary N) is 1. The van der Waals surface area contributed by atoms with Crippen molar-refractivity contribution in [1.82, 2.24) is 10.2 Å². The van der Waals surface area contributed by atoms with E-state index in [0.29, 0.717) is 13.1 Å². The molecular formula is C11H20N2O. The largest absolute Gasteiger partial charge is 0.329 e. The van der Waals surface area contributed by atoms with Gasteiger partial charge in [0.15, 0.2) is 0 Å². The van der Waals surface area contributed by atoms with Crippen LogP contribution in [0.2, 0.25) is 0 Å². The van der Waals surface area contributed by atoms with Crippen molar-refractivity contribution in [1.29, 1.82) is 0 Å². The third-order valence-electron chi connectivity index (χ3n) is 1.76. The molecule has 1 amide bonds. The molecule has 1 rings (SSSR count). The van der Waals surface area contributed by atoms with Crippen LogP contribution in [-0.2, 0) is 4.79 Å². The molecule has 0 bridgehead atoms. The molecule has 1 heterocycles. The Morgan fingerprint density at radius 3 is 2.71 bits per heavy atom. The van der Waals surface area contributed by atoms with Crippen molar-refractivity contribution in [3.63, 3.8) is 0 Å². The summed E-state index contributed by atoms with van der Waals surface area (Å²) in [6.45, 7) is 8.74. The number of piperazine rings is 1. The molecule has 0 unspecified atom stereocenters. The topological polar surface area (TPSA) is 32.3 Å². The summed E-state index contributed by atoms with van der Waals surface area (Å²) in [5.41, 5.74) is 0. The van der Waals surface area contributed by atoms with Crippen molar-refractivity contribution in [2.24, 2.45) is 0 Å². The minimum absolute atomic E-state index is 0.159. The molecule has 14 heavy (non-hydrogen) atoms. The van der Waals surface area contributed by atoms with Crippen LogP contribution >= 0.6 is 0 Å². The number of hydrogen-bond acceptors (Lipinski definition) is 2. The Morgan fingerprint density at radius 1 is 1.43 bits per heavy atom. The first-order valence-corrected chi connectivity index (χ1v) is 5.29. The fourth-order valence-electron chi connectivity index (χ4n) is 1.09. The summed E-state index contributed by atoms with van der Waals surface area (Å²) >= 11 is 0. The van der Waals surface area contributed by atoms with Crippen LogP contribution in [0.15, 0.2) is 0 Å². The Bertz CT molecular complexity index is 215. The van der Waals surface area contributed by atoms with E-state index in [0.717, 1.165) is 19.5 Å². The molecule has 0 radical (unpaired) electrons. The van der Waals surface area contributed by atoms with Crippen molar-refractivity contribution in [3.05, 3.63) is 0 Å². The van der Waals surface area contributed by atoms with E-state index in [1.807, 2.05) is 20.8 Å². The average molecular weight is 196 g/mol. The summed E-state index contributed by atoms with van der Waals surface area (Å²) in [7, 11) is 0. The highest BCUT2D eigenvalue weighted by atomic mass is 16.2. The summed E-state index contributed by atoms with van der Waals surface area (Å²) in [4.78, 5) is 13.0. The Hall–Kier alpha value is -1.01. The first-order chi connectivity index (χ1) is 6.84. The predicted molar refractivity (Wildman–Crippen MR) is 58.9 cm³/mol. The summed E-state index contributed by atoms with van der Waals surface area (Å²) in [5, 5.41) is 3.02. The Labute approximate surface area is 86.9 Å². The molecule has 1 N–H and O–H groups in total. The second kappa shape index (κ2) is 8.58. The lowest BCUT2D eigenvalue weighted by Crippen LogP contribution is -2.48. The van der Waals surface area contributed by atoms with E-state index >= 15 is 0 Å². The minimum Gasteiger partial charge on any atom is -0.329 e. The maximum atomic E-state index is 11.2. The minimum atomic E-state index is 0.159. The molecule has 3 nitrogen and oxygen atoms in total. The van der Waals surface area contributed by atoms with E-state index in [2.05, 4.69) is 17.2 Å². The molecule has 0 atom stereocenters. The molecule has 80 valence electrons. The summed E-state index contributed by atoms with van der Waals surface area (Å²) in [6.07, 6.45) is 0.861. The predicted octanol–water partition coefficient (Wildman–Crippen LogP) is 0.858. The van der Waals surface area contributed by atoms with E-state index in [-0.39, 0.29) is 5.91 Å². The van der Waals surface area contributed by atoms with Crippen LogP contribution in [0.5, 0.6) is 0 Å². The smallest absolute Gasteiger partial charge is 0.237 e. The monoisotopic (exact) mass is 196 g/mol. The van der Waals surface area contributed by atoms with Crippen LogP contribution in [-0.4, -0.2) is 37.0 Å². The lowest BCUT2D eigenvalue weighted by molar-refractivity contribution is -0.131. The normalized spacial score (nSPS) is 15.1. The van der Waals surface area contributed by atoms with Crippen LogP contribution in [0, 0.1) is 11.8 Å². The molecule has 1 fully saturated rings. The molecule has 1 saturated heterocycles. The zero-order valence-electron chi connectivity index (χ0n) is 9.39. The van der Waals surface area contributed by atoms with Gasteiger partial charge >= 0.3 is 0 Å². The maximum absolute atomic E-state index is 11.2. The molecule has 0 aromatic rings. The quantitative estimate of drug-likeness (QED) is 0.631. The fourth-order valence-corrected chi connectivity index (χ4v) is 1.09. The second-order valence-electron chi connectivity index (χ2n) is 2.70. The van der Waals surface area contributed by atoms with Crippen molar-refractivity contribution in [2.45, 2.75) is 27.2 Å². The lowest BCUT2D eigenvalue weighted by atomic mass is 10.3. The number of nitrogens with zero attached hydrogens (tertiary/aromatic N) is 1. The van der Waals surface area contributed by atoms with E-state index in [1.54, 1.807) is 4.90 Å². The van der Waals surface area contributed by atoms with Crippen LogP contribution in [0.4, 0.5) is 0 Å². The molecule has 1 aliphatic rings. The maximum Gasteiger partial charge on any atom is 0.237 e. The standard InChI is InChI=1S/C9H14N2O.C2H6/c1-2-3-4-6-11-7-5-10-8-9(11)12;1-2/h10H,2,5-8H2,1H3;1-2H3. The van der Waals surface area contributed by atoms with E-state index in [1.165, 1.54) is 0 Å². The number of carbonyl (C=O) groups is 1. The lowest BCUT2D eigenvalue weighted by Gasteiger charge is -2.25. The molecule has 0 spiro atoms. The second-order valence-corrected chi connectivity index (χ2v) is 2.70. The van der Waals surface area contributed by atoms with Crippen LogP contribution in [0.3, 0.4) is 0 Å². The van der Waals surface area contributed by atoms with Gasteiger partial charge in [0.1, 0.15) is 0 Å². The van der Waals surface area contributed by atoms with E-state index in [4.69, 9.17) is 0 Å². The molecule has 0 saturated carbocycles. The van der Waals surface area contributed by atoms with Crippen molar-refractivity contribution < 1.29 is 4.79 Å². The van der Waals surface area contributed by atoms with Gasteiger partial charge in [0, 0.05) is 19.5 Å². The number of carbonyl (C=O) groups excluding carboxylic acids is 1. The van der Waals surface area contributed by atoms with Crippen molar-refractivity contribution >= 4 is 5.91 Å². The molecule has 0 aromatic heterocycles.